The maximum Gasteiger partial charge on any atom is 0.330 e. The van der Waals surface area contributed by atoms with Gasteiger partial charge in [0.05, 0.1) is 29.2 Å². The van der Waals surface area contributed by atoms with Crippen LogP contribution in [0.5, 0.6) is 5.75 Å². The summed E-state index contributed by atoms with van der Waals surface area (Å²) in [5.41, 5.74) is 5.52. The SMILES string of the molecule is CCOc1cccc(-c2ccc(Cc3nc(-c4ccc(Cl)cc4Cl)cn3-c3cccc(N4C=C(O)NS4(=O)=O)c3)cc2)c1. The van der Waals surface area contributed by atoms with E-state index in [0.717, 1.165) is 32.9 Å². The molecule has 0 saturated heterocycles. The molecule has 0 saturated carbocycles. The van der Waals surface area contributed by atoms with E-state index in [4.69, 9.17) is 32.9 Å². The molecule has 1 aliphatic rings. The molecule has 218 valence electrons. The van der Waals surface area contributed by atoms with Gasteiger partial charge in [0.15, 0.2) is 0 Å². The fourth-order valence-corrected chi connectivity index (χ4v) is 6.46. The van der Waals surface area contributed by atoms with E-state index in [-0.39, 0.29) is 0 Å². The quantitative estimate of drug-likeness (QED) is 0.184. The second kappa shape index (κ2) is 11.7. The molecular weight excluding hydrogens is 607 g/mol. The number of ether oxygens (including phenoxy) is 1. The van der Waals surface area contributed by atoms with Crippen molar-refractivity contribution in [2.75, 3.05) is 10.9 Å². The first-order valence-electron chi connectivity index (χ1n) is 13.4. The Kier molecular flexibility index (Phi) is 7.79. The summed E-state index contributed by atoms with van der Waals surface area (Å²) in [7, 11) is -3.95. The number of anilines is 1. The average molecular weight is 634 g/mol. The Morgan fingerprint density at radius 2 is 1.67 bits per heavy atom. The lowest BCUT2D eigenvalue weighted by molar-refractivity contribution is 0.340. The van der Waals surface area contributed by atoms with Crippen LogP contribution in [-0.4, -0.2) is 29.7 Å². The third kappa shape index (κ3) is 6.06. The summed E-state index contributed by atoms with van der Waals surface area (Å²) < 4.78 is 35.6. The largest absolute Gasteiger partial charge is 0.494 e. The molecule has 0 aliphatic carbocycles. The number of aromatic nitrogens is 2. The van der Waals surface area contributed by atoms with Crippen LogP contribution in [0.25, 0.3) is 28.1 Å². The van der Waals surface area contributed by atoms with Crippen molar-refractivity contribution in [2.24, 2.45) is 0 Å². The van der Waals surface area contributed by atoms with Crippen molar-refractivity contribution < 1.29 is 18.3 Å². The molecule has 4 aromatic carbocycles. The zero-order valence-electron chi connectivity index (χ0n) is 22.9. The van der Waals surface area contributed by atoms with E-state index in [1.165, 1.54) is 0 Å². The van der Waals surface area contributed by atoms with Gasteiger partial charge in [-0.1, -0.05) is 65.7 Å². The van der Waals surface area contributed by atoms with Gasteiger partial charge in [-0.3, -0.25) is 0 Å². The van der Waals surface area contributed by atoms with Gasteiger partial charge in [-0.25, -0.2) is 14.0 Å². The summed E-state index contributed by atoms with van der Waals surface area (Å²) in [6.07, 6.45) is 3.47. The van der Waals surface area contributed by atoms with E-state index in [2.05, 4.69) is 29.0 Å². The minimum Gasteiger partial charge on any atom is -0.494 e. The molecular formula is C32H26Cl2N4O4S. The van der Waals surface area contributed by atoms with E-state index in [9.17, 15) is 13.5 Å². The van der Waals surface area contributed by atoms with Crippen molar-refractivity contribution in [3.8, 4) is 33.8 Å². The standard InChI is InChI=1S/C32H26Cl2N4O4S/c1-2-42-27-8-3-5-23(16-27)22-11-9-21(10-12-22)15-31-35-30(28-14-13-24(33)17-29(28)34)19-37(31)25-6-4-7-26(18-25)38-20-32(39)36-43(38,40)41/h3-14,16-20,36,39H,2,15H2,1H3. The summed E-state index contributed by atoms with van der Waals surface area (Å²) in [6.45, 7) is 2.56. The third-order valence-corrected chi connectivity index (χ3v) is 8.72. The van der Waals surface area contributed by atoms with Crippen LogP contribution in [0.2, 0.25) is 10.0 Å². The summed E-state index contributed by atoms with van der Waals surface area (Å²) in [5.74, 6) is 1.08. The van der Waals surface area contributed by atoms with Gasteiger partial charge in [-0.05, 0) is 72.1 Å². The molecule has 0 amide bonds. The molecule has 43 heavy (non-hydrogen) atoms. The first-order valence-corrected chi connectivity index (χ1v) is 15.6. The van der Waals surface area contributed by atoms with Crippen LogP contribution >= 0.6 is 23.2 Å². The van der Waals surface area contributed by atoms with E-state index in [1.54, 1.807) is 30.3 Å². The third-order valence-electron chi connectivity index (χ3n) is 6.88. The van der Waals surface area contributed by atoms with E-state index < -0.39 is 16.1 Å². The van der Waals surface area contributed by atoms with Crippen LogP contribution in [0.1, 0.15) is 18.3 Å². The highest BCUT2D eigenvalue weighted by Crippen LogP contribution is 2.33. The highest BCUT2D eigenvalue weighted by molar-refractivity contribution is 7.91. The number of rotatable bonds is 8. The second-order valence-corrected chi connectivity index (χ2v) is 12.2. The Morgan fingerprint density at radius 1 is 0.907 bits per heavy atom. The van der Waals surface area contributed by atoms with Crippen molar-refractivity contribution in [3.63, 3.8) is 0 Å². The number of nitrogens with zero attached hydrogens (tertiary/aromatic N) is 3. The maximum absolute atomic E-state index is 12.5. The smallest absolute Gasteiger partial charge is 0.330 e. The first kappa shape index (κ1) is 28.7. The van der Waals surface area contributed by atoms with Crippen molar-refractivity contribution in [1.82, 2.24) is 14.3 Å². The highest BCUT2D eigenvalue weighted by Gasteiger charge is 2.29. The van der Waals surface area contributed by atoms with Crippen LogP contribution in [-0.2, 0) is 16.6 Å². The number of aliphatic hydroxyl groups excluding tert-OH is 1. The molecule has 0 radical (unpaired) electrons. The number of imidazole rings is 1. The van der Waals surface area contributed by atoms with E-state index >= 15 is 0 Å². The topological polar surface area (TPSA) is 96.7 Å². The Bertz CT molecular complexity index is 1960. The molecule has 0 fully saturated rings. The van der Waals surface area contributed by atoms with Crippen LogP contribution in [0.4, 0.5) is 5.69 Å². The monoisotopic (exact) mass is 632 g/mol. The zero-order valence-corrected chi connectivity index (χ0v) is 25.2. The normalized spacial score (nSPS) is 13.9. The number of nitrogens with one attached hydrogen (secondary N) is 1. The average Bonchev–Trinajstić information content (AvgIpc) is 3.52. The molecule has 0 spiro atoms. The van der Waals surface area contributed by atoms with Gasteiger partial charge in [-0.15, -0.1) is 0 Å². The predicted molar refractivity (Wildman–Crippen MR) is 170 cm³/mol. The van der Waals surface area contributed by atoms with Gasteiger partial charge in [0.1, 0.15) is 11.6 Å². The molecule has 8 nitrogen and oxygen atoms in total. The molecule has 0 bridgehead atoms. The number of hydrogen-bond acceptors (Lipinski definition) is 5. The van der Waals surface area contributed by atoms with Crippen molar-refractivity contribution in [3.05, 3.63) is 131 Å². The number of halogens is 2. The van der Waals surface area contributed by atoms with E-state index in [0.29, 0.717) is 51.5 Å². The van der Waals surface area contributed by atoms with Crippen LogP contribution in [0, 0.1) is 0 Å². The Balaban J connectivity index is 1.38. The lowest BCUT2D eigenvalue weighted by Crippen LogP contribution is -2.29. The fraction of sp³-hybridized carbons (Fsp3) is 0.0938. The van der Waals surface area contributed by atoms with Gasteiger partial charge in [0.25, 0.3) is 0 Å². The lowest BCUT2D eigenvalue weighted by atomic mass is 10.0. The number of benzene rings is 4. The van der Waals surface area contributed by atoms with Crippen LogP contribution in [0.15, 0.2) is 109 Å². The molecule has 0 unspecified atom stereocenters. The predicted octanol–water partition coefficient (Wildman–Crippen LogP) is 7.51. The molecule has 1 aliphatic heterocycles. The van der Waals surface area contributed by atoms with Crippen LogP contribution in [0.3, 0.4) is 0 Å². The Morgan fingerprint density at radius 3 is 2.40 bits per heavy atom. The number of aliphatic hydroxyl groups is 1. The molecule has 0 atom stereocenters. The van der Waals surface area contributed by atoms with Gasteiger partial charge < -0.3 is 14.4 Å². The Labute approximate surface area is 259 Å². The molecule has 5 aromatic rings. The van der Waals surface area contributed by atoms with Crippen molar-refractivity contribution in [2.45, 2.75) is 13.3 Å². The minimum atomic E-state index is -3.95. The Hall–Kier alpha value is -4.44. The molecule has 1 aromatic heterocycles. The fourth-order valence-electron chi connectivity index (χ4n) is 4.90. The summed E-state index contributed by atoms with van der Waals surface area (Å²) >= 11 is 12.7. The summed E-state index contributed by atoms with van der Waals surface area (Å²) in [4.78, 5) is 4.95. The van der Waals surface area contributed by atoms with Crippen LogP contribution < -0.4 is 13.8 Å². The molecule has 2 heterocycles. The molecule has 2 N–H and O–H groups in total. The van der Waals surface area contributed by atoms with E-state index in [1.807, 2.05) is 54.1 Å². The van der Waals surface area contributed by atoms with Gasteiger partial charge >= 0.3 is 10.2 Å². The van der Waals surface area contributed by atoms with Crippen molar-refractivity contribution in [1.29, 1.82) is 0 Å². The zero-order chi connectivity index (χ0) is 30.1. The van der Waals surface area contributed by atoms with Crippen molar-refractivity contribution >= 4 is 39.1 Å². The highest BCUT2D eigenvalue weighted by atomic mass is 35.5. The maximum atomic E-state index is 12.5. The molecule has 11 heteroatoms. The van der Waals surface area contributed by atoms with Gasteiger partial charge in [-0.2, -0.15) is 8.42 Å². The van der Waals surface area contributed by atoms with Gasteiger partial charge in [0, 0.05) is 28.9 Å². The minimum absolute atomic E-state index is 0.346. The summed E-state index contributed by atoms with van der Waals surface area (Å²) in [5, 5.41) is 10.8. The first-order chi connectivity index (χ1) is 20.7. The lowest BCUT2D eigenvalue weighted by Gasteiger charge is -2.16. The second-order valence-electron chi connectivity index (χ2n) is 9.81. The van der Waals surface area contributed by atoms with Gasteiger partial charge in [0.2, 0.25) is 5.88 Å². The number of hydrogen-bond donors (Lipinski definition) is 2. The summed E-state index contributed by atoms with van der Waals surface area (Å²) in [6, 6.07) is 28.4. The molecule has 6 rings (SSSR count).